The van der Waals surface area contributed by atoms with Crippen molar-refractivity contribution >= 4 is 11.6 Å². The third-order valence-corrected chi connectivity index (χ3v) is 4.41. The first-order valence-corrected chi connectivity index (χ1v) is 6.82. The van der Waals surface area contributed by atoms with Crippen molar-refractivity contribution < 1.29 is 14.3 Å². The average Bonchev–Trinajstić information content (AvgIpc) is 2.63. The molecule has 3 rings (SSSR count). The van der Waals surface area contributed by atoms with Crippen LogP contribution in [0.25, 0.3) is 0 Å². The Kier molecular flexibility index (Phi) is 2.89. The minimum Gasteiger partial charge on any atom is -0.508 e. The van der Waals surface area contributed by atoms with Crippen molar-refractivity contribution in [3.05, 3.63) is 23.5 Å². The predicted molar refractivity (Wildman–Crippen MR) is 70.8 cm³/mol. The number of rotatable bonds is 1. The molecule has 0 radical (unpaired) electrons. The Morgan fingerprint density at radius 2 is 2.05 bits per heavy atom. The molecule has 0 atom stereocenters. The lowest BCUT2D eigenvalue weighted by Gasteiger charge is -2.32. The monoisotopic (exact) mass is 274 g/mol. The summed E-state index contributed by atoms with van der Waals surface area (Å²) in [5.74, 6) is -0.959. The van der Waals surface area contributed by atoms with E-state index in [1.807, 2.05) is 6.07 Å². The lowest BCUT2D eigenvalue weighted by molar-refractivity contribution is -0.124. The Hall–Kier alpha value is -2.09. The van der Waals surface area contributed by atoms with Gasteiger partial charge >= 0.3 is 0 Å². The molecular weight excluding hydrogens is 259 g/mol. The lowest BCUT2D eigenvalue weighted by atomic mass is 9.70. The van der Waals surface area contributed by atoms with E-state index >= 15 is 0 Å². The molecule has 1 saturated carbocycles. The third-order valence-electron chi connectivity index (χ3n) is 4.41. The second-order valence-corrected chi connectivity index (χ2v) is 5.51. The first kappa shape index (κ1) is 12.9. The molecule has 1 aromatic carbocycles. The van der Waals surface area contributed by atoms with Gasteiger partial charge in [-0.3, -0.25) is 9.69 Å². The number of carbonyl (C=O) groups excluding carboxylic acids is 1. The highest BCUT2D eigenvalue weighted by Gasteiger charge is 2.52. The molecule has 0 bridgehead atoms. The summed E-state index contributed by atoms with van der Waals surface area (Å²) in [6.45, 7) is -0.115. The summed E-state index contributed by atoms with van der Waals surface area (Å²) in [7, 11) is 0. The quantitative estimate of drug-likeness (QED) is 0.800. The maximum atomic E-state index is 14.3. The van der Waals surface area contributed by atoms with Gasteiger partial charge in [-0.15, -0.1) is 0 Å². The van der Waals surface area contributed by atoms with Crippen LogP contribution in [0.4, 0.5) is 10.1 Å². The minimum absolute atomic E-state index is 0.115. The Balaban J connectivity index is 2.21. The van der Waals surface area contributed by atoms with Gasteiger partial charge < -0.3 is 5.11 Å². The Morgan fingerprint density at radius 1 is 1.35 bits per heavy atom. The average molecular weight is 274 g/mol. The number of nitrogens with zero attached hydrogens (tertiary/aromatic N) is 2. The Morgan fingerprint density at radius 3 is 2.70 bits per heavy atom. The van der Waals surface area contributed by atoms with Gasteiger partial charge in [-0.25, -0.2) is 4.39 Å². The van der Waals surface area contributed by atoms with Crippen molar-refractivity contribution in [2.24, 2.45) is 0 Å². The smallest absolute Gasteiger partial charge is 0.238 e. The SMILES string of the molecule is N#CCN1C(=O)C2(CCCCC2)c2c(F)cc(O)cc21. The van der Waals surface area contributed by atoms with Gasteiger partial charge in [0.25, 0.3) is 0 Å². The van der Waals surface area contributed by atoms with Crippen LogP contribution in [0.5, 0.6) is 5.75 Å². The molecular formula is C15H15FN2O2. The summed E-state index contributed by atoms with van der Waals surface area (Å²) in [4.78, 5) is 14.0. The van der Waals surface area contributed by atoms with Crippen LogP contribution in [0.1, 0.15) is 37.7 Å². The van der Waals surface area contributed by atoms with Crippen LogP contribution < -0.4 is 4.90 Å². The molecule has 4 nitrogen and oxygen atoms in total. The van der Waals surface area contributed by atoms with Gasteiger partial charge in [-0.05, 0) is 12.8 Å². The van der Waals surface area contributed by atoms with E-state index in [2.05, 4.69) is 0 Å². The maximum absolute atomic E-state index is 14.3. The Bertz CT molecular complexity index is 615. The lowest BCUT2D eigenvalue weighted by Crippen LogP contribution is -2.42. The normalized spacial score (nSPS) is 20.0. The summed E-state index contributed by atoms with van der Waals surface area (Å²) in [6.07, 6.45) is 4.03. The highest BCUT2D eigenvalue weighted by molar-refractivity contribution is 6.08. The highest BCUT2D eigenvalue weighted by Crippen LogP contribution is 2.51. The van der Waals surface area contributed by atoms with E-state index in [1.54, 1.807) is 0 Å². The number of nitriles is 1. The van der Waals surface area contributed by atoms with E-state index in [-0.39, 0.29) is 18.2 Å². The molecule has 0 unspecified atom stereocenters. The van der Waals surface area contributed by atoms with E-state index in [0.29, 0.717) is 24.1 Å². The van der Waals surface area contributed by atoms with E-state index in [4.69, 9.17) is 5.26 Å². The number of phenolic OH excluding ortho intramolecular Hbond substituents is 1. The molecule has 1 spiro atoms. The van der Waals surface area contributed by atoms with Crippen LogP contribution in [0.3, 0.4) is 0 Å². The maximum Gasteiger partial charge on any atom is 0.238 e. The van der Waals surface area contributed by atoms with Gasteiger partial charge in [0.1, 0.15) is 18.1 Å². The number of hydrogen-bond acceptors (Lipinski definition) is 3. The fourth-order valence-electron chi connectivity index (χ4n) is 3.59. The van der Waals surface area contributed by atoms with Crippen LogP contribution in [0.15, 0.2) is 12.1 Å². The second kappa shape index (κ2) is 4.48. The van der Waals surface area contributed by atoms with Crippen LogP contribution in [0.2, 0.25) is 0 Å². The Labute approximate surface area is 116 Å². The van der Waals surface area contributed by atoms with Gasteiger partial charge in [0.2, 0.25) is 5.91 Å². The van der Waals surface area contributed by atoms with Crippen molar-refractivity contribution in [3.8, 4) is 11.8 Å². The fraction of sp³-hybridized carbons (Fsp3) is 0.467. The molecule has 104 valence electrons. The number of halogens is 1. The van der Waals surface area contributed by atoms with E-state index in [0.717, 1.165) is 25.3 Å². The molecule has 1 aliphatic heterocycles. The van der Waals surface area contributed by atoms with Gasteiger partial charge in [-0.2, -0.15) is 5.26 Å². The van der Waals surface area contributed by atoms with Gasteiger partial charge in [0, 0.05) is 17.7 Å². The minimum atomic E-state index is -0.831. The molecule has 1 fully saturated rings. The van der Waals surface area contributed by atoms with E-state index in [1.165, 1.54) is 11.0 Å². The summed E-state index contributed by atoms with van der Waals surface area (Å²) in [6, 6.07) is 4.38. The first-order valence-electron chi connectivity index (χ1n) is 6.82. The van der Waals surface area contributed by atoms with Gasteiger partial charge in [0.15, 0.2) is 0 Å². The third kappa shape index (κ3) is 1.61. The number of benzene rings is 1. The summed E-state index contributed by atoms with van der Waals surface area (Å²) < 4.78 is 14.3. The van der Waals surface area contributed by atoms with Crippen molar-refractivity contribution in [2.45, 2.75) is 37.5 Å². The predicted octanol–water partition coefficient (Wildman–Crippen LogP) is 2.60. The number of hydrogen-bond donors (Lipinski definition) is 1. The van der Waals surface area contributed by atoms with Crippen LogP contribution in [-0.4, -0.2) is 17.6 Å². The van der Waals surface area contributed by atoms with Crippen LogP contribution >= 0.6 is 0 Å². The molecule has 1 heterocycles. The largest absolute Gasteiger partial charge is 0.508 e. The standard InChI is InChI=1S/C15H15FN2O2/c16-11-8-10(19)9-12-13(11)15(4-2-1-3-5-15)14(20)18(12)7-6-17/h8-9,19H,1-5,7H2. The number of phenols is 1. The first-order chi connectivity index (χ1) is 9.60. The fourth-order valence-corrected chi connectivity index (χ4v) is 3.59. The van der Waals surface area contributed by atoms with E-state index < -0.39 is 11.2 Å². The second-order valence-electron chi connectivity index (χ2n) is 5.51. The molecule has 20 heavy (non-hydrogen) atoms. The summed E-state index contributed by atoms with van der Waals surface area (Å²) >= 11 is 0. The molecule has 1 aromatic rings. The number of aromatic hydroxyl groups is 1. The molecule has 1 aliphatic carbocycles. The number of fused-ring (bicyclic) bond motifs is 2. The van der Waals surface area contributed by atoms with Crippen molar-refractivity contribution in [1.29, 1.82) is 5.26 Å². The zero-order valence-electron chi connectivity index (χ0n) is 11.0. The van der Waals surface area contributed by atoms with Crippen molar-refractivity contribution in [2.75, 3.05) is 11.4 Å². The topological polar surface area (TPSA) is 64.3 Å². The van der Waals surface area contributed by atoms with E-state index in [9.17, 15) is 14.3 Å². The van der Waals surface area contributed by atoms with Gasteiger partial charge in [-0.1, -0.05) is 19.3 Å². The molecule has 0 saturated heterocycles. The number of anilines is 1. The summed E-state index contributed by atoms with van der Waals surface area (Å²) in [5, 5.41) is 18.5. The van der Waals surface area contributed by atoms with Crippen molar-refractivity contribution in [3.63, 3.8) is 0 Å². The number of carbonyl (C=O) groups is 1. The highest BCUT2D eigenvalue weighted by atomic mass is 19.1. The zero-order chi connectivity index (χ0) is 14.3. The molecule has 2 aliphatic rings. The van der Waals surface area contributed by atoms with Gasteiger partial charge in [0.05, 0.1) is 17.2 Å². The zero-order valence-corrected chi connectivity index (χ0v) is 11.0. The molecule has 5 heteroatoms. The van der Waals surface area contributed by atoms with Crippen LogP contribution in [-0.2, 0) is 10.2 Å². The molecule has 0 aromatic heterocycles. The molecule has 1 amide bonds. The van der Waals surface area contributed by atoms with Crippen molar-refractivity contribution in [1.82, 2.24) is 0 Å². The summed E-state index contributed by atoms with van der Waals surface area (Å²) in [5.41, 5.74) is -0.103. The molecule has 1 N–H and O–H groups in total. The number of amides is 1. The van der Waals surface area contributed by atoms with Crippen LogP contribution in [0, 0.1) is 17.1 Å².